The van der Waals surface area contributed by atoms with E-state index in [0.29, 0.717) is 0 Å². The maximum absolute atomic E-state index is 5.99. The minimum Gasteiger partial charge on any atom is -0.379 e. The Morgan fingerprint density at radius 1 is 1.12 bits per heavy atom. The van der Waals surface area contributed by atoms with Crippen LogP contribution in [0.15, 0.2) is 0 Å². The van der Waals surface area contributed by atoms with Crippen molar-refractivity contribution in [3.05, 3.63) is 0 Å². The second kappa shape index (κ2) is 8.04. The maximum Gasteiger partial charge on any atom is 0.0708 e. The van der Waals surface area contributed by atoms with Crippen molar-refractivity contribution in [2.75, 3.05) is 32.9 Å². The van der Waals surface area contributed by atoms with Gasteiger partial charge >= 0.3 is 0 Å². The molecule has 1 saturated carbocycles. The Morgan fingerprint density at radius 3 is 2.50 bits per heavy atom. The molecule has 16 heavy (non-hydrogen) atoms. The molecule has 3 nitrogen and oxygen atoms in total. The van der Waals surface area contributed by atoms with Gasteiger partial charge in [-0.1, -0.05) is 13.8 Å². The molecule has 0 bridgehead atoms. The fourth-order valence-corrected chi connectivity index (χ4v) is 2.09. The van der Waals surface area contributed by atoms with Gasteiger partial charge in [0, 0.05) is 6.61 Å². The van der Waals surface area contributed by atoms with Crippen LogP contribution >= 0.6 is 0 Å². The normalized spacial score (nSPS) is 18.4. The van der Waals surface area contributed by atoms with E-state index in [1.165, 1.54) is 19.3 Å². The van der Waals surface area contributed by atoms with Crippen LogP contribution in [0.3, 0.4) is 0 Å². The highest BCUT2D eigenvalue weighted by molar-refractivity contribution is 4.90. The van der Waals surface area contributed by atoms with E-state index >= 15 is 0 Å². The zero-order valence-electron chi connectivity index (χ0n) is 10.9. The molecule has 1 aliphatic carbocycles. The van der Waals surface area contributed by atoms with Crippen LogP contribution in [0.2, 0.25) is 0 Å². The molecule has 3 heteroatoms. The molecule has 0 radical (unpaired) electrons. The molecule has 0 saturated heterocycles. The summed E-state index contributed by atoms with van der Waals surface area (Å²) in [5, 5.41) is 3.37. The van der Waals surface area contributed by atoms with Gasteiger partial charge in [-0.2, -0.15) is 0 Å². The largest absolute Gasteiger partial charge is 0.379 e. The van der Waals surface area contributed by atoms with Crippen LogP contribution in [0.5, 0.6) is 0 Å². The summed E-state index contributed by atoms with van der Waals surface area (Å²) in [5.41, 5.74) is 0.178. The third kappa shape index (κ3) is 4.81. The van der Waals surface area contributed by atoms with Crippen molar-refractivity contribution in [1.82, 2.24) is 5.32 Å². The summed E-state index contributed by atoms with van der Waals surface area (Å²) in [4.78, 5) is 0. The SMILES string of the molecule is CCCOCCOC1(CCNCC)CCC1. The molecule has 1 rings (SSSR count). The summed E-state index contributed by atoms with van der Waals surface area (Å²) >= 11 is 0. The van der Waals surface area contributed by atoms with Gasteiger partial charge in [0.1, 0.15) is 0 Å². The van der Waals surface area contributed by atoms with Crippen molar-refractivity contribution in [2.24, 2.45) is 0 Å². The molecular weight excluding hydrogens is 202 g/mol. The second-order valence-electron chi connectivity index (χ2n) is 4.60. The van der Waals surface area contributed by atoms with Gasteiger partial charge in [0.2, 0.25) is 0 Å². The van der Waals surface area contributed by atoms with Crippen LogP contribution < -0.4 is 5.32 Å². The van der Waals surface area contributed by atoms with E-state index < -0.39 is 0 Å². The first kappa shape index (κ1) is 13.9. The molecule has 0 unspecified atom stereocenters. The first-order valence-electron chi connectivity index (χ1n) is 6.75. The van der Waals surface area contributed by atoms with Gasteiger partial charge in [0.25, 0.3) is 0 Å². The Labute approximate surface area is 99.9 Å². The summed E-state index contributed by atoms with van der Waals surface area (Å²) in [6.45, 7) is 8.76. The monoisotopic (exact) mass is 229 g/mol. The van der Waals surface area contributed by atoms with Gasteiger partial charge in [0.15, 0.2) is 0 Å². The lowest BCUT2D eigenvalue weighted by Gasteiger charge is -2.42. The topological polar surface area (TPSA) is 30.5 Å². The standard InChI is InChI=1S/C13H27NO2/c1-3-10-15-11-12-16-13(6-5-7-13)8-9-14-4-2/h14H,3-12H2,1-2H3. The van der Waals surface area contributed by atoms with E-state index in [1.54, 1.807) is 0 Å². The van der Waals surface area contributed by atoms with Crippen LogP contribution in [-0.4, -0.2) is 38.5 Å². The zero-order chi connectivity index (χ0) is 11.7. The molecular formula is C13H27NO2. The van der Waals surface area contributed by atoms with Gasteiger partial charge in [-0.15, -0.1) is 0 Å². The molecule has 1 fully saturated rings. The molecule has 0 spiro atoms. The van der Waals surface area contributed by atoms with Gasteiger partial charge in [0.05, 0.1) is 18.8 Å². The molecule has 96 valence electrons. The maximum atomic E-state index is 5.99. The molecule has 0 atom stereocenters. The van der Waals surface area contributed by atoms with Crippen molar-refractivity contribution in [2.45, 2.75) is 51.6 Å². The van der Waals surface area contributed by atoms with Crippen LogP contribution in [0, 0.1) is 0 Å². The lowest BCUT2D eigenvalue weighted by molar-refractivity contribution is -0.117. The quantitative estimate of drug-likeness (QED) is 0.583. The zero-order valence-corrected chi connectivity index (χ0v) is 10.9. The third-order valence-corrected chi connectivity index (χ3v) is 3.26. The number of hydrogen-bond acceptors (Lipinski definition) is 3. The molecule has 0 amide bonds. The minimum absolute atomic E-state index is 0.178. The highest BCUT2D eigenvalue weighted by atomic mass is 16.5. The van der Waals surface area contributed by atoms with E-state index in [1.807, 2.05) is 0 Å². The first-order valence-corrected chi connectivity index (χ1v) is 6.75. The van der Waals surface area contributed by atoms with E-state index in [2.05, 4.69) is 19.2 Å². The van der Waals surface area contributed by atoms with E-state index in [4.69, 9.17) is 9.47 Å². The van der Waals surface area contributed by atoms with Crippen molar-refractivity contribution in [1.29, 1.82) is 0 Å². The smallest absolute Gasteiger partial charge is 0.0708 e. The Kier molecular flexibility index (Phi) is 7.01. The number of hydrogen-bond donors (Lipinski definition) is 1. The Morgan fingerprint density at radius 2 is 1.94 bits per heavy atom. The molecule has 1 N–H and O–H groups in total. The average molecular weight is 229 g/mol. The molecule has 0 heterocycles. The van der Waals surface area contributed by atoms with Gasteiger partial charge in [-0.25, -0.2) is 0 Å². The second-order valence-corrected chi connectivity index (χ2v) is 4.60. The van der Waals surface area contributed by atoms with Gasteiger partial charge in [-0.3, -0.25) is 0 Å². The number of ether oxygens (including phenoxy) is 2. The van der Waals surface area contributed by atoms with Gasteiger partial charge in [-0.05, 0) is 45.2 Å². The highest BCUT2D eigenvalue weighted by Gasteiger charge is 2.37. The number of nitrogens with one attached hydrogen (secondary N) is 1. The number of rotatable bonds is 10. The predicted molar refractivity (Wildman–Crippen MR) is 66.8 cm³/mol. The lowest BCUT2D eigenvalue weighted by Crippen LogP contribution is -2.43. The Hall–Kier alpha value is -0.120. The van der Waals surface area contributed by atoms with E-state index in [9.17, 15) is 0 Å². The molecule has 1 aliphatic rings. The summed E-state index contributed by atoms with van der Waals surface area (Å²) < 4.78 is 11.4. The summed E-state index contributed by atoms with van der Waals surface area (Å²) in [6, 6.07) is 0. The van der Waals surface area contributed by atoms with Crippen LogP contribution in [0.1, 0.15) is 46.0 Å². The first-order chi connectivity index (χ1) is 7.83. The molecule has 0 aromatic rings. The van der Waals surface area contributed by atoms with Crippen LogP contribution in [0.4, 0.5) is 0 Å². The summed E-state index contributed by atoms with van der Waals surface area (Å²) in [5.74, 6) is 0. The van der Waals surface area contributed by atoms with Crippen LogP contribution in [-0.2, 0) is 9.47 Å². The predicted octanol–water partition coefficient (Wildman–Crippen LogP) is 2.35. The van der Waals surface area contributed by atoms with Crippen LogP contribution in [0.25, 0.3) is 0 Å². The highest BCUT2D eigenvalue weighted by Crippen LogP contribution is 2.38. The van der Waals surface area contributed by atoms with Crippen molar-refractivity contribution < 1.29 is 9.47 Å². The Bertz CT molecular complexity index is 169. The molecule has 0 aromatic heterocycles. The summed E-state index contributed by atoms with van der Waals surface area (Å²) in [6.07, 6.45) is 6.01. The van der Waals surface area contributed by atoms with Crippen molar-refractivity contribution in [3.63, 3.8) is 0 Å². The molecule has 0 aliphatic heterocycles. The fraction of sp³-hybridized carbons (Fsp3) is 1.00. The average Bonchev–Trinajstić information content (AvgIpc) is 2.24. The van der Waals surface area contributed by atoms with E-state index in [0.717, 1.165) is 45.8 Å². The fourth-order valence-electron chi connectivity index (χ4n) is 2.09. The molecule has 0 aromatic carbocycles. The van der Waals surface area contributed by atoms with Crippen molar-refractivity contribution in [3.8, 4) is 0 Å². The van der Waals surface area contributed by atoms with Gasteiger partial charge < -0.3 is 14.8 Å². The lowest BCUT2D eigenvalue weighted by atomic mass is 9.77. The minimum atomic E-state index is 0.178. The Balaban J connectivity index is 2.05. The third-order valence-electron chi connectivity index (χ3n) is 3.26. The van der Waals surface area contributed by atoms with E-state index in [-0.39, 0.29) is 5.60 Å². The summed E-state index contributed by atoms with van der Waals surface area (Å²) in [7, 11) is 0. The van der Waals surface area contributed by atoms with Crippen molar-refractivity contribution >= 4 is 0 Å².